The maximum atomic E-state index is 12.0. The van der Waals surface area contributed by atoms with Crippen molar-refractivity contribution in [2.24, 2.45) is 11.7 Å². The van der Waals surface area contributed by atoms with Gasteiger partial charge in [-0.25, -0.2) is 0 Å². The molecule has 0 bridgehead atoms. The van der Waals surface area contributed by atoms with Crippen LogP contribution in [0.3, 0.4) is 0 Å². The van der Waals surface area contributed by atoms with Crippen molar-refractivity contribution in [2.75, 3.05) is 0 Å². The van der Waals surface area contributed by atoms with E-state index >= 15 is 0 Å². The zero-order chi connectivity index (χ0) is 14.5. The third-order valence-corrected chi connectivity index (χ3v) is 3.94. The maximum absolute atomic E-state index is 12.0. The van der Waals surface area contributed by atoms with Crippen LogP contribution in [0.15, 0.2) is 24.3 Å². The topological polar surface area (TPSA) is 72.5 Å². The Hall–Kier alpha value is -1.55. The van der Waals surface area contributed by atoms with Crippen LogP contribution in [0, 0.1) is 5.92 Å². The molecule has 4 nitrogen and oxygen atoms in total. The van der Waals surface area contributed by atoms with E-state index in [4.69, 9.17) is 10.5 Å². The predicted octanol–water partition coefficient (Wildman–Crippen LogP) is 2.38. The van der Waals surface area contributed by atoms with E-state index in [0.717, 1.165) is 37.2 Å². The van der Waals surface area contributed by atoms with Crippen LogP contribution < -0.4 is 5.73 Å². The van der Waals surface area contributed by atoms with Crippen LogP contribution in [0.25, 0.3) is 0 Å². The quantitative estimate of drug-likeness (QED) is 0.829. The van der Waals surface area contributed by atoms with Crippen LogP contribution in [0.4, 0.5) is 0 Å². The Morgan fingerprint density at radius 2 is 1.90 bits per heavy atom. The van der Waals surface area contributed by atoms with Gasteiger partial charge in [0.25, 0.3) is 0 Å². The van der Waals surface area contributed by atoms with Gasteiger partial charge in [0, 0.05) is 0 Å². The fourth-order valence-electron chi connectivity index (χ4n) is 2.57. The first kappa shape index (κ1) is 14.9. The number of ether oxygens (including phenoxy) is 1. The number of carbonyl (C=O) groups excluding carboxylic acids is 1. The molecule has 1 aliphatic carbocycles. The number of hydrogen-bond donors (Lipinski definition) is 2. The van der Waals surface area contributed by atoms with E-state index in [1.54, 1.807) is 24.3 Å². The molecule has 0 heterocycles. The van der Waals surface area contributed by atoms with Gasteiger partial charge in [-0.2, -0.15) is 0 Å². The van der Waals surface area contributed by atoms with Gasteiger partial charge in [-0.3, -0.25) is 4.79 Å². The molecule has 3 N–H and O–H groups in total. The van der Waals surface area contributed by atoms with Crippen molar-refractivity contribution in [1.82, 2.24) is 0 Å². The number of nitrogens with two attached hydrogens (primary N) is 1. The van der Waals surface area contributed by atoms with E-state index in [1.165, 1.54) is 0 Å². The summed E-state index contributed by atoms with van der Waals surface area (Å²) in [5.41, 5.74) is 6.82. The van der Waals surface area contributed by atoms with Crippen molar-refractivity contribution >= 4 is 5.97 Å². The Balaban J connectivity index is 1.81. The largest absolute Gasteiger partial charge is 0.508 e. The average molecular weight is 277 g/mol. The molecule has 1 saturated carbocycles. The second kappa shape index (κ2) is 6.75. The van der Waals surface area contributed by atoms with E-state index in [2.05, 4.69) is 6.92 Å². The molecule has 0 amide bonds. The number of aromatic hydroxyl groups is 1. The van der Waals surface area contributed by atoms with Gasteiger partial charge in [0.05, 0.1) is 0 Å². The highest BCUT2D eigenvalue weighted by Gasteiger charge is 2.24. The molecule has 1 fully saturated rings. The van der Waals surface area contributed by atoms with Crippen molar-refractivity contribution in [3.8, 4) is 5.75 Å². The van der Waals surface area contributed by atoms with Crippen molar-refractivity contribution in [3.63, 3.8) is 0 Å². The normalized spacial score (nSPS) is 24.1. The lowest BCUT2D eigenvalue weighted by atomic mass is 9.89. The minimum atomic E-state index is -0.640. The van der Waals surface area contributed by atoms with Crippen LogP contribution in [-0.4, -0.2) is 23.2 Å². The molecule has 4 heteroatoms. The number of phenols is 1. The van der Waals surface area contributed by atoms with Crippen LogP contribution in [0.5, 0.6) is 5.75 Å². The van der Waals surface area contributed by atoms with Crippen molar-refractivity contribution in [1.29, 1.82) is 0 Å². The molecule has 1 atom stereocenters. The highest BCUT2D eigenvalue weighted by Crippen LogP contribution is 2.25. The first-order valence-electron chi connectivity index (χ1n) is 7.28. The summed E-state index contributed by atoms with van der Waals surface area (Å²) in [4.78, 5) is 12.0. The van der Waals surface area contributed by atoms with Crippen LogP contribution >= 0.6 is 0 Å². The van der Waals surface area contributed by atoms with E-state index in [1.807, 2.05) is 0 Å². The Morgan fingerprint density at radius 3 is 2.50 bits per heavy atom. The summed E-state index contributed by atoms with van der Waals surface area (Å²) in [6.07, 6.45) is 4.58. The number of phenolic OH excluding ortho intramolecular Hbond substituents is 1. The van der Waals surface area contributed by atoms with Gasteiger partial charge in [-0.15, -0.1) is 0 Å². The van der Waals surface area contributed by atoms with Crippen molar-refractivity contribution in [3.05, 3.63) is 29.8 Å². The van der Waals surface area contributed by atoms with Crippen LogP contribution in [0.2, 0.25) is 0 Å². The summed E-state index contributed by atoms with van der Waals surface area (Å²) < 4.78 is 5.48. The summed E-state index contributed by atoms with van der Waals surface area (Å²) in [5, 5.41) is 9.21. The Labute approximate surface area is 119 Å². The maximum Gasteiger partial charge on any atom is 0.323 e. The molecule has 1 unspecified atom stereocenters. The van der Waals surface area contributed by atoms with Gasteiger partial charge in [-0.05, 0) is 55.7 Å². The van der Waals surface area contributed by atoms with Gasteiger partial charge in [0.2, 0.25) is 0 Å². The Bertz CT molecular complexity index is 436. The zero-order valence-electron chi connectivity index (χ0n) is 11.9. The zero-order valence-corrected chi connectivity index (χ0v) is 11.9. The van der Waals surface area contributed by atoms with Gasteiger partial charge < -0.3 is 15.6 Å². The number of carbonyl (C=O) groups is 1. The molecule has 1 aromatic rings. The molecule has 0 radical (unpaired) electrons. The van der Waals surface area contributed by atoms with E-state index in [9.17, 15) is 9.90 Å². The van der Waals surface area contributed by atoms with Gasteiger partial charge >= 0.3 is 5.97 Å². The molecule has 1 aliphatic rings. The second-order valence-electron chi connectivity index (χ2n) is 5.80. The fraction of sp³-hybridized carbons (Fsp3) is 0.562. The Morgan fingerprint density at radius 1 is 1.30 bits per heavy atom. The minimum absolute atomic E-state index is 0.0320. The SMILES string of the molecule is CC1CCC(OC(=O)C(N)Cc2ccc(O)cc2)CC1. The number of esters is 1. The average Bonchev–Trinajstić information content (AvgIpc) is 2.44. The third kappa shape index (κ3) is 4.23. The lowest BCUT2D eigenvalue weighted by Gasteiger charge is -2.27. The molecule has 1 aromatic carbocycles. The van der Waals surface area contributed by atoms with Gasteiger partial charge in [0.15, 0.2) is 0 Å². The number of benzene rings is 1. The van der Waals surface area contributed by atoms with Crippen LogP contribution in [0.1, 0.15) is 38.2 Å². The van der Waals surface area contributed by atoms with Crippen molar-refractivity contribution in [2.45, 2.75) is 51.2 Å². The fourth-order valence-corrected chi connectivity index (χ4v) is 2.57. The molecule has 0 aliphatic heterocycles. The lowest BCUT2D eigenvalue weighted by Crippen LogP contribution is -2.37. The lowest BCUT2D eigenvalue weighted by molar-refractivity contribution is -0.152. The summed E-state index contributed by atoms with van der Waals surface area (Å²) in [5.74, 6) is 0.620. The number of hydrogen-bond acceptors (Lipinski definition) is 4. The first-order valence-corrected chi connectivity index (χ1v) is 7.28. The van der Waals surface area contributed by atoms with Gasteiger partial charge in [-0.1, -0.05) is 19.1 Å². The summed E-state index contributed by atoms with van der Waals surface area (Å²) >= 11 is 0. The van der Waals surface area contributed by atoms with E-state index < -0.39 is 6.04 Å². The Kier molecular flexibility index (Phi) is 5.01. The molecular weight excluding hydrogens is 254 g/mol. The van der Waals surface area contributed by atoms with Crippen molar-refractivity contribution < 1.29 is 14.6 Å². The van der Waals surface area contributed by atoms with Gasteiger partial charge in [0.1, 0.15) is 17.9 Å². The smallest absolute Gasteiger partial charge is 0.323 e. The molecule has 110 valence electrons. The highest BCUT2D eigenvalue weighted by atomic mass is 16.5. The summed E-state index contributed by atoms with van der Waals surface area (Å²) in [7, 11) is 0. The standard InChI is InChI=1S/C16H23NO3/c1-11-2-8-14(9-3-11)20-16(19)15(17)10-12-4-6-13(18)7-5-12/h4-7,11,14-15,18H,2-3,8-10,17H2,1H3. The molecule has 0 spiro atoms. The predicted molar refractivity (Wildman–Crippen MR) is 77.3 cm³/mol. The second-order valence-corrected chi connectivity index (χ2v) is 5.80. The molecule has 0 aromatic heterocycles. The highest BCUT2D eigenvalue weighted by molar-refractivity contribution is 5.76. The molecule has 0 saturated heterocycles. The van der Waals surface area contributed by atoms with Crippen LogP contribution in [-0.2, 0) is 16.0 Å². The monoisotopic (exact) mass is 277 g/mol. The summed E-state index contributed by atoms with van der Waals surface area (Å²) in [6.45, 7) is 2.23. The van der Waals surface area contributed by atoms with E-state index in [-0.39, 0.29) is 17.8 Å². The number of rotatable bonds is 4. The van der Waals surface area contributed by atoms with E-state index in [0.29, 0.717) is 6.42 Å². The third-order valence-electron chi connectivity index (χ3n) is 3.94. The summed E-state index contributed by atoms with van der Waals surface area (Å²) in [6, 6.07) is 6.08. The molecule has 2 rings (SSSR count). The minimum Gasteiger partial charge on any atom is -0.508 e. The molecular formula is C16H23NO3. The molecule has 20 heavy (non-hydrogen) atoms. The first-order chi connectivity index (χ1) is 9.54.